The van der Waals surface area contributed by atoms with E-state index in [1.54, 1.807) is 12.0 Å². The molecule has 0 aromatic heterocycles. The molecule has 1 unspecified atom stereocenters. The molecule has 1 heterocycles. The highest BCUT2D eigenvalue weighted by atomic mass is 16.5. The molecule has 154 valence electrons. The van der Waals surface area contributed by atoms with E-state index >= 15 is 0 Å². The van der Waals surface area contributed by atoms with Crippen LogP contribution < -0.4 is 9.47 Å². The molecule has 2 aliphatic rings. The van der Waals surface area contributed by atoms with E-state index in [1.807, 2.05) is 42.5 Å². The smallest absolute Gasteiger partial charge is 0.225 e. The van der Waals surface area contributed by atoms with E-state index in [2.05, 4.69) is 6.07 Å². The Kier molecular flexibility index (Phi) is 6.35. The van der Waals surface area contributed by atoms with Gasteiger partial charge in [-0.2, -0.15) is 0 Å². The number of likely N-dealkylation sites (tertiary alicyclic amines) is 1. The Bertz CT molecular complexity index is 817. The zero-order chi connectivity index (χ0) is 20.1. The third-order valence-corrected chi connectivity index (χ3v) is 5.83. The number of methoxy groups -OCH3 is 1. The molecule has 0 spiro atoms. The van der Waals surface area contributed by atoms with Crippen LogP contribution in [0.2, 0.25) is 0 Å². The number of carbonyl (C=O) groups excluding carboxylic acids is 1. The molecule has 5 nitrogen and oxygen atoms in total. The molecular formula is C24H29NO4. The average Bonchev–Trinajstić information content (AvgIpc) is 3.39. The van der Waals surface area contributed by atoms with Crippen LogP contribution in [0.1, 0.15) is 49.1 Å². The maximum absolute atomic E-state index is 12.5. The summed E-state index contributed by atoms with van der Waals surface area (Å²) >= 11 is 0. The van der Waals surface area contributed by atoms with Gasteiger partial charge >= 0.3 is 0 Å². The van der Waals surface area contributed by atoms with Gasteiger partial charge in [-0.05, 0) is 48.9 Å². The van der Waals surface area contributed by atoms with Crippen molar-refractivity contribution >= 4 is 5.91 Å². The summed E-state index contributed by atoms with van der Waals surface area (Å²) in [6.07, 6.45) is 5.42. The fraction of sp³-hybridized carbons (Fsp3) is 0.458. The van der Waals surface area contributed by atoms with Gasteiger partial charge in [0, 0.05) is 18.9 Å². The molecule has 2 aromatic rings. The van der Waals surface area contributed by atoms with Crippen LogP contribution in [0.25, 0.3) is 0 Å². The first-order valence-corrected chi connectivity index (χ1v) is 10.5. The fourth-order valence-corrected chi connectivity index (χ4v) is 4.19. The second-order valence-corrected chi connectivity index (χ2v) is 7.91. The van der Waals surface area contributed by atoms with E-state index in [0.717, 1.165) is 35.5 Å². The van der Waals surface area contributed by atoms with Gasteiger partial charge in [0.2, 0.25) is 5.91 Å². The van der Waals surface area contributed by atoms with Gasteiger partial charge in [0.25, 0.3) is 0 Å². The summed E-state index contributed by atoms with van der Waals surface area (Å²) in [5.74, 6) is 1.84. The van der Waals surface area contributed by atoms with Crippen molar-refractivity contribution in [3.05, 3.63) is 59.7 Å². The molecule has 1 saturated heterocycles. The van der Waals surface area contributed by atoms with Crippen molar-refractivity contribution in [2.24, 2.45) is 0 Å². The number of hydrogen-bond acceptors (Lipinski definition) is 4. The highest BCUT2D eigenvalue weighted by Crippen LogP contribution is 2.37. The highest BCUT2D eigenvalue weighted by Gasteiger charge is 2.31. The summed E-state index contributed by atoms with van der Waals surface area (Å²) in [7, 11) is 1.67. The Morgan fingerprint density at radius 3 is 2.59 bits per heavy atom. The van der Waals surface area contributed by atoms with Crippen LogP contribution in [0.4, 0.5) is 0 Å². The molecule has 1 aliphatic heterocycles. The second kappa shape index (κ2) is 9.31. The fourth-order valence-electron chi connectivity index (χ4n) is 4.19. The van der Waals surface area contributed by atoms with E-state index in [1.165, 1.54) is 12.8 Å². The summed E-state index contributed by atoms with van der Waals surface area (Å²) in [4.78, 5) is 14.3. The first-order chi connectivity index (χ1) is 14.2. The number of hydrogen-bond donors (Lipinski definition) is 0. The van der Waals surface area contributed by atoms with Crippen molar-refractivity contribution in [1.29, 1.82) is 0 Å². The Balaban J connectivity index is 1.37. The Hall–Kier alpha value is -2.53. The molecule has 1 atom stereocenters. The van der Waals surface area contributed by atoms with Crippen molar-refractivity contribution in [2.75, 3.05) is 20.4 Å². The van der Waals surface area contributed by atoms with Crippen LogP contribution in [-0.4, -0.2) is 37.3 Å². The van der Waals surface area contributed by atoms with E-state index in [4.69, 9.17) is 14.2 Å². The molecule has 2 fully saturated rings. The summed E-state index contributed by atoms with van der Waals surface area (Å²) in [6, 6.07) is 16.1. The minimum atomic E-state index is 0.136. The van der Waals surface area contributed by atoms with E-state index in [-0.39, 0.29) is 17.9 Å². The molecule has 0 N–H and O–H groups in total. The normalized spacial score (nSPS) is 19.7. The van der Waals surface area contributed by atoms with E-state index in [9.17, 15) is 4.79 Å². The molecule has 1 saturated carbocycles. The molecule has 5 heteroatoms. The maximum atomic E-state index is 12.5. The van der Waals surface area contributed by atoms with Crippen molar-refractivity contribution in [2.45, 2.75) is 50.7 Å². The van der Waals surface area contributed by atoms with Gasteiger partial charge in [-0.3, -0.25) is 4.79 Å². The van der Waals surface area contributed by atoms with Crippen LogP contribution in [-0.2, 0) is 16.1 Å². The van der Waals surface area contributed by atoms with Crippen molar-refractivity contribution in [3.63, 3.8) is 0 Å². The van der Waals surface area contributed by atoms with Crippen LogP contribution in [0, 0.1) is 0 Å². The van der Waals surface area contributed by atoms with Gasteiger partial charge in [0.15, 0.2) is 11.5 Å². The van der Waals surface area contributed by atoms with E-state index < -0.39 is 0 Å². The molecule has 29 heavy (non-hydrogen) atoms. The van der Waals surface area contributed by atoms with Crippen LogP contribution >= 0.6 is 0 Å². The summed E-state index contributed by atoms with van der Waals surface area (Å²) in [5.41, 5.74) is 2.23. The number of ether oxygens (including phenoxy) is 3. The molecule has 1 aliphatic carbocycles. The van der Waals surface area contributed by atoms with Crippen molar-refractivity contribution in [1.82, 2.24) is 4.90 Å². The number of carbonyl (C=O) groups is 1. The minimum absolute atomic E-state index is 0.136. The molecule has 0 radical (unpaired) electrons. The quantitative estimate of drug-likeness (QED) is 0.660. The number of benzene rings is 2. The van der Waals surface area contributed by atoms with Gasteiger partial charge in [-0.1, -0.05) is 36.4 Å². The van der Waals surface area contributed by atoms with Gasteiger partial charge in [-0.25, -0.2) is 0 Å². The summed E-state index contributed by atoms with van der Waals surface area (Å²) in [5, 5.41) is 0. The predicted octanol–water partition coefficient (Wildman–Crippen LogP) is 4.51. The zero-order valence-corrected chi connectivity index (χ0v) is 17.0. The summed E-state index contributed by atoms with van der Waals surface area (Å²) < 4.78 is 17.5. The number of nitrogens with zero attached hydrogens (tertiary/aromatic N) is 1. The topological polar surface area (TPSA) is 48.0 Å². The lowest BCUT2D eigenvalue weighted by molar-refractivity contribution is -0.132. The highest BCUT2D eigenvalue weighted by molar-refractivity contribution is 5.79. The molecule has 2 aromatic carbocycles. The predicted molar refractivity (Wildman–Crippen MR) is 111 cm³/mol. The average molecular weight is 395 g/mol. The zero-order valence-electron chi connectivity index (χ0n) is 17.0. The molecule has 4 rings (SSSR count). The third kappa shape index (κ3) is 4.91. The lowest BCUT2D eigenvalue weighted by Crippen LogP contribution is -2.27. The van der Waals surface area contributed by atoms with Crippen LogP contribution in [0.5, 0.6) is 11.5 Å². The van der Waals surface area contributed by atoms with Gasteiger partial charge in [0.05, 0.1) is 19.8 Å². The molecular weight excluding hydrogens is 366 g/mol. The summed E-state index contributed by atoms with van der Waals surface area (Å²) in [6.45, 7) is 1.51. The SMILES string of the molecule is COc1ccc(C2CC(=O)N(COCc3ccccc3)C2)cc1OC1CCCC1. The molecule has 1 amide bonds. The molecule has 0 bridgehead atoms. The second-order valence-electron chi connectivity index (χ2n) is 7.91. The van der Waals surface area contributed by atoms with Crippen molar-refractivity contribution < 1.29 is 19.0 Å². The lowest BCUT2D eigenvalue weighted by Gasteiger charge is -2.19. The Labute approximate surface area is 172 Å². The maximum Gasteiger partial charge on any atom is 0.225 e. The van der Waals surface area contributed by atoms with Gasteiger partial charge in [0.1, 0.15) is 6.73 Å². The Morgan fingerprint density at radius 2 is 1.83 bits per heavy atom. The number of amides is 1. The first kappa shape index (κ1) is 19.8. The largest absolute Gasteiger partial charge is 0.493 e. The minimum Gasteiger partial charge on any atom is -0.493 e. The number of rotatable bonds is 8. The van der Waals surface area contributed by atoms with E-state index in [0.29, 0.717) is 26.3 Å². The van der Waals surface area contributed by atoms with Gasteiger partial charge in [-0.15, -0.1) is 0 Å². The Morgan fingerprint density at radius 1 is 1.03 bits per heavy atom. The first-order valence-electron chi connectivity index (χ1n) is 10.5. The van der Waals surface area contributed by atoms with Gasteiger partial charge < -0.3 is 19.1 Å². The van der Waals surface area contributed by atoms with Crippen LogP contribution in [0.15, 0.2) is 48.5 Å². The standard InChI is InChI=1S/C24H29NO4/c1-27-22-12-11-19(13-23(22)29-21-9-5-6-10-21)20-14-24(26)25(15-20)17-28-16-18-7-3-2-4-8-18/h2-4,7-8,11-13,20-21H,5-6,9-10,14-17H2,1H3. The van der Waals surface area contributed by atoms with Crippen molar-refractivity contribution in [3.8, 4) is 11.5 Å². The third-order valence-electron chi connectivity index (χ3n) is 5.83. The van der Waals surface area contributed by atoms with Crippen LogP contribution in [0.3, 0.4) is 0 Å². The lowest BCUT2D eigenvalue weighted by atomic mass is 9.98. The monoisotopic (exact) mass is 395 g/mol.